The van der Waals surface area contributed by atoms with E-state index in [0.717, 1.165) is 4.90 Å². The van der Waals surface area contributed by atoms with Crippen LogP contribution in [0.5, 0.6) is 0 Å². The first-order valence-electron chi connectivity index (χ1n) is 9.10. The first-order valence-corrected chi connectivity index (χ1v) is 10.3. The summed E-state index contributed by atoms with van der Waals surface area (Å²) in [6.07, 6.45) is 3.10. The number of piperidine rings is 1. The maximum Gasteiger partial charge on any atom is 0.309 e. The van der Waals surface area contributed by atoms with Gasteiger partial charge in [0.1, 0.15) is 0 Å². The second-order valence-corrected chi connectivity index (χ2v) is 8.58. The van der Waals surface area contributed by atoms with E-state index in [1.807, 2.05) is 45.2 Å². The van der Waals surface area contributed by atoms with Gasteiger partial charge in [0, 0.05) is 29.1 Å². The fourth-order valence-corrected chi connectivity index (χ4v) is 3.40. The standard InChI is InChI=1S/C20H28N2O4S/c1-20(2,3)19(25)22-10-8-14(9-11-22)18(24)26-13-17(23)21-15-6-5-7-16(12-15)27-4/h5-7,12,14H,8-11,13H2,1-4H3,(H,21,23). The van der Waals surface area contributed by atoms with Crippen LogP contribution in [0.2, 0.25) is 0 Å². The molecule has 0 atom stereocenters. The van der Waals surface area contributed by atoms with E-state index in [-0.39, 0.29) is 30.3 Å². The molecule has 0 aromatic heterocycles. The molecule has 2 amide bonds. The molecule has 1 aromatic carbocycles. The lowest BCUT2D eigenvalue weighted by Gasteiger charge is -2.34. The van der Waals surface area contributed by atoms with Crippen molar-refractivity contribution < 1.29 is 19.1 Å². The van der Waals surface area contributed by atoms with Gasteiger partial charge in [-0.2, -0.15) is 0 Å². The number of esters is 1. The summed E-state index contributed by atoms with van der Waals surface area (Å²) >= 11 is 1.59. The molecule has 1 aliphatic heterocycles. The van der Waals surface area contributed by atoms with Crippen molar-refractivity contribution in [3.05, 3.63) is 24.3 Å². The molecule has 0 saturated carbocycles. The first kappa shape index (κ1) is 21.3. The number of hydrogen-bond donors (Lipinski definition) is 1. The molecule has 148 valence electrons. The summed E-state index contributed by atoms with van der Waals surface area (Å²) in [5.41, 5.74) is 0.260. The Labute approximate surface area is 165 Å². The number of carbonyl (C=O) groups excluding carboxylic acids is 3. The van der Waals surface area contributed by atoms with Gasteiger partial charge in [0.05, 0.1) is 5.92 Å². The SMILES string of the molecule is CSc1cccc(NC(=O)COC(=O)C2CCN(C(=O)C(C)(C)C)CC2)c1. The van der Waals surface area contributed by atoms with Gasteiger partial charge in [-0.15, -0.1) is 11.8 Å². The van der Waals surface area contributed by atoms with Crippen LogP contribution in [-0.4, -0.2) is 48.6 Å². The van der Waals surface area contributed by atoms with Crippen molar-refractivity contribution in [2.75, 3.05) is 31.3 Å². The number of carbonyl (C=O) groups is 3. The summed E-state index contributed by atoms with van der Waals surface area (Å²) in [7, 11) is 0. The summed E-state index contributed by atoms with van der Waals surface area (Å²) < 4.78 is 5.18. The van der Waals surface area contributed by atoms with Crippen molar-refractivity contribution in [1.82, 2.24) is 4.90 Å². The molecule has 7 heteroatoms. The smallest absolute Gasteiger partial charge is 0.309 e. The average Bonchev–Trinajstić information content (AvgIpc) is 2.65. The number of rotatable bonds is 5. The molecule has 1 N–H and O–H groups in total. The molecule has 1 heterocycles. The third-order valence-electron chi connectivity index (χ3n) is 4.46. The monoisotopic (exact) mass is 392 g/mol. The molecule has 1 fully saturated rings. The van der Waals surface area contributed by atoms with Crippen LogP contribution in [0.3, 0.4) is 0 Å². The minimum atomic E-state index is -0.418. The molecule has 6 nitrogen and oxygen atoms in total. The molecule has 1 aliphatic rings. The van der Waals surface area contributed by atoms with Crippen LogP contribution in [0.25, 0.3) is 0 Å². The van der Waals surface area contributed by atoms with Gasteiger partial charge in [0.15, 0.2) is 6.61 Å². The molecule has 2 rings (SSSR count). The average molecular weight is 393 g/mol. The van der Waals surface area contributed by atoms with E-state index >= 15 is 0 Å². The number of anilines is 1. The summed E-state index contributed by atoms with van der Waals surface area (Å²) in [4.78, 5) is 39.4. The Kier molecular flexibility index (Phi) is 7.30. The second kappa shape index (κ2) is 9.26. The molecule has 1 aromatic rings. The zero-order valence-corrected chi connectivity index (χ0v) is 17.2. The Morgan fingerprint density at radius 3 is 2.48 bits per heavy atom. The maximum absolute atomic E-state index is 12.3. The molecule has 0 spiro atoms. The van der Waals surface area contributed by atoms with Gasteiger partial charge in [-0.3, -0.25) is 14.4 Å². The van der Waals surface area contributed by atoms with Crippen molar-refractivity contribution in [3.8, 4) is 0 Å². The van der Waals surface area contributed by atoms with Gasteiger partial charge in [-0.1, -0.05) is 26.8 Å². The molecule has 27 heavy (non-hydrogen) atoms. The normalized spacial score (nSPS) is 15.3. The zero-order valence-electron chi connectivity index (χ0n) is 16.4. The molecule has 1 saturated heterocycles. The lowest BCUT2D eigenvalue weighted by molar-refractivity contribution is -0.155. The third-order valence-corrected chi connectivity index (χ3v) is 5.18. The minimum absolute atomic E-state index is 0.0983. The lowest BCUT2D eigenvalue weighted by atomic mass is 9.91. The maximum atomic E-state index is 12.3. The van der Waals surface area contributed by atoms with Crippen LogP contribution in [0.4, 0.5) is 5.69 Å². The van der Waals surface area contributed by atoms with Gasteiger partial charge in [0.25, 0.3) is 5.91 Å². The second-order valence-electron chi connectivity index (χ2n) is 7.70. The molecule has 0 radical (unpaired) electrons. The van der Waals surface area contributed by atoms with Crippen LogP contribution >= 0.6 is 11.8 Å². The van der Waals surface area contributed by atoms with E-state index in [0.29, 0.717) is 31.6 Å². The predicted octanol–water partition coefficient (Wildman–Crippen LogP) is 3.17. The van der Waals surface area contributed by atoms with E-state index < -0.39 is 5.41 Å². The highest BCUT2D eigenvalue weighted by atomic mass is 32.2. The predicted molar refractivity (Wildman–Crippen MR) is 107 cm³/mol. The summed E-state index contributed by atoms with van der Waals surface area (Å²) in [6.45, 7) is 6.46. The van der Waals surface area contributed by atoms with E-state index in [2.05, 4.69) is 5.32 Å². The van der Waals surface area contributed by atoms with Crippen LogP contribution in [-0.2, 0) is 19.1 Å². The molecular weight excluding hydrogens is 364 g/mol. The first-order chi connectivity index (χ1) is 12.7. The van der Waals surface area contributed by atoms with Crippen molar-refractivity contribution >= 4 is 35.2 Å². The number of ether oxygens (including phenoxy) is 1. The molecule has 0 unspecified atom stereocenters. The van der Waals surface area contributed by atoms with Crippen molar-refractivity contribution in [3.63, 3.8) is 0 Å². The van der Waals surface area contributed by atoms with Crippen LogP contribution in [0.1, 0.15) is 33.6 Å². The van der Waals surface area contributed by atoms with Crippen LogP contribution in [0, 0.1) is 11.3 Å². The molecular formula is C20H28N2O4S. The van der Waals surface area contributed by atoms with E-state index in [1.165, 1.54) is 0 Å². The quantitative estimate of drug-likeness (QED) is 0.615. The Bertz CT molecular complexity index is 691. The van der Waals surface area contributed by atoms with Crippen molar-refractivity contribution in [2.45, 2.75) is 38.5 Å². The highest BCUT2D eigenvalue weighted by Crippen LogP contribution is 2.24. The topological polar surface area (TPSA) is 75.7 Å². The van der Waals surface area contributed by atoms with Crippen LogP contribution < -0.4 is 5.32 Å². The summed E-state index contributed by atoms with van der Waals surface area (Å²) in [5, 5.41) is 2.73. The number of benzene rings is 1. The van der Waals surface area contributed by atoms with Gasteiger partial charge in [-0.05, 0) is 37.3 Å². The fourth-order valence-electron chi connectivity index (χ4n) is 2.95. The van der Waals surface area contributed by atoms with Crippen LogP contribution in [0.15, 0.2) is 29.2 Å². The summed E-state index contributed by atoms with van der Waals surface area (Å²) in [6, 6.07) is 7.48. The van der Waals surface area contributed by atoms with Gasteiger partial charge in [-0.25, -0.2) is 0 Å². The number of hydrogen-bond acceptors (Lipinski definition) is 5. The highest BCUT2D eigenvalue weighted by Gasteiger charge is 2.33. The number of thioether (sulfide) groups is 1. The number of amides is 2. The summed E-state index contributed by atoms with van der Waals surface area (Å²) in [5.74, 6) is -0.893. The van der Waals surface area contributed by atoms with E-state index in [9.17, 15) is 14.4 Å². The third kappa shape index (κ3) is 6.27. The van der Waals surface area contributed by atoms with E-state index in [4.69, 9.17) is 4.74 Å². The van der Waals surface area contributed by atoms with Gasteiger partial charge < -0.3 is 15.0 Å². The zero-order chi connectivity index (χ0) is 20.0. The highest BCUT2D eigenvalue weighted by molar-refractivity contribution is 7.98. The molecule has 0 aliphatic carbocycles. The Hall–Kier alpha value is -2.02. The molecule has 0 bridgehead atoms. The minimum Gasteiger partial charge on any atom is -0.455 e. The fraction of sp³-hybridized carbons (Fsp3) is 0.550. The number of nitrogens with zero attached hydrogens (tertiary/aromatic N) is 1. The van der Waals surface area contributed by atoms with E-state index in [1.54, 1.807) is 22.7 Å². The Morgan fingerprint density at radius 2 is 1.89 bits per heavy atom. The Morgan fingerprint density at radius 1 is 1.22 bits per heavy atom. The number of likely N-dealkylation sites (tertiary alicyclic amines) is 1. The lowest BCUT2D eigenvalue weighted by Crippen LogP contribution is -2.45. The largest absolute Gasteiger partial charge is 0.455 e. The Balaban J connectivity index is 1.76. The van der Waals surface area contributed by atoms with Gasteiger partial charge in [0.2, 0.25) is 5.91 Å². The van der Waals surface area contributed by atoms with Gasteiger partial charge >= 0.3 is 5.97 Å². The number of nitrogens with one attached hydrogen (secondary N) is 1. The van der Waals surface area contributed by atoms with Crippen molar-refractivity contribution in [1.29, 1.82) is 0 Å². The van der Waals surface area contributed by atoms with Crippen molar-refractivity contribution in [2.24, 2.45) is 11.3 Å².